The van der Waals surface area contributed by atoms with E-state index in [4.69, 9.17) is 5.26 Å². The first-order valence-electron chi connectivity index (χ1n) is 5.57. The third-order valence-electron chi connectivity index (χ3n) is 2.31. The van der Waals surface area contributed by atoms with Gasteiger partial charge in [-0.15, -0.1) is 0 Å². The standard InChI is InChI=1S/C12H18N4O/c1-9(5-6-13)15-11(17)10-7-14-16(8-10)12(2,3)4/h7-9H,5H2,1-4H3,(H,15,17). The van der Waals surface area contributed by atoms with Crippen molar-refractivity contribution in [2.45, 2.75) is 45.7 Å². The SMILES string of the molecule is CC(CC#N)NC(=O)c1cnn(C(C)(C)C)c1. The molecule has 0 aliphatic heterocycles. The summed E-state index contributed by atoms with van der Waals surface area (Å²) in [6, 6.07) is 1.87. The van der Waals surface area contributed by atoms with Crippen LogP contribution in [0.15, 0.2) is 12.4 Å². The van der Waals surface area contributed by atoms with E-state index in [-0.39, 0.29) is 17.5 Å². The highest BCUT2D eigenvalue weighted by Gasteiger charge is 2.17. The number of rotatable bonds is 3. The molecule has 5 nitrogen and oxygen atoms in total. The van der Waals surface area contributed by atoms with Gasteiger partial charge in [0.05, 0.1) is 29.8 Å². The van der Waals surface area contributed by atoms with Crippen LogP contribution in [-0.4, -0.2) is 21.7 Å². The van der Waals surface area contributed by atoms with E-state index in [0.717, 1.165) is 0 Å². The van der Waals surface area contributed by atoms with Gasteiger partial charge < -0.3 is 5.32 Å². The van der Waals surface area contributed by atoms with Crippen molar-refractivity contribution >= 4 is 5.91 Å². The Hall–Kier alpha value is -1.83. The van der Waals surface area contributed by atoms with Crippen LogP contribution >= 0.6 is 0 Å². The van der Waals surface area contributed by atoms with Crippen molar-refractivity contribution in [3.63, 3.8) is 0 Å². The molecule has 0 aliphatic carbocycles. The second-order valence-corrected chi connectivity index (χ2v) is 5.08. The molecule has 1 amide bonds. The summed E-state index contributed by atoms with van der Waals surface area (Å²) >= 11 is 0. The summed E-state index contributed by atoms with van der Waals surface area (Å²) in [5, 5.41) is 15.4. The smallest absolute Gasteiger partial charge is 0.254 e. The summed E-state index contributed by atoms with van der Waals surface area (Å²) in [5.41, 5.74) is 0.376. The van der Waals surface area contributed by atoms with Gasteiger partial charge in [0.1, 0.15) is 0 Å². The van der Waals surface area contributed by atoms with Crippen molar-refractivity contribution in [1.82, 2.24) is 15.1 Å². The Labute approximate surface area is 101 Å². The molecule has 1 unspecified atom stereocenters. The van der Waals surface area contributed by atoms with E-state index in [1.807, 2.05) is 26.8 Å². The molecular weight excluding hydrogens is 216 g/mol. The van der Waals surface area contributed by atoms with Crippen LogP contribution in [0.5, 0.6) is 0 Å². The van der Waals surface area contributed by atoms with Crippen molar-refractivity contribution in [3.8, 4) is 6.07 Å². The molecule has 0 saturated heterocycles. The number of amides is 1. The van der Waals surface area contributed by atoms with Gasteiger partial charge in [-0.3, -0.25) is 9.48 Å². The Balaban J connectivity index is 2.71. The molecule has 1 N–H and O–H groups in total. The largest absolute Gasteiger partial charge is 0.348 e. The lowest BCUT2D eigenvalue weighted by atomic mass is 10.1. The Bertz CT molecular complexity index is 436. The lowest BCUT2D eigenvalue weighted by Gasteiger charge is -2.18. The van der Waals surface area contributed by atoms with Crippen LogP contribution < -0.4 is 5.32 Å². The van der Waals surface area contributed by atoms with Crippen LogP contribution in [0.4, 0.5) is 0 Å². The second-order valence-electron chi connectivity index (χ2n) is 5.08. The monoisotopic (exact) mass is 234 g/mol. The van der Waals surface area contributed by atoms with Gasteiger partial charge in [-0.05, 0) is 27.7 Å². The number of carbonyl (C=O) groups is 1. The molecule has 0 radical (unpaired) electrons. The zero-order valence-electron chi connectivity index (χ0n) is 10.7. The highest BCUT2D eigenvalue weighted by molar-refractivity contribution is 5.93. The maximum Gasteiger partial charge on any atom is 0.254 e. The molecule has 1 aromatic heterocycles. The summed E-state index contributed by atoms with van der Waals surface area (Å²) in [5.74, 6) is -0.191. The molecule has 0 aromatic carbocycles. The number of nitrogens with zero attached hydrogens (tertiary/aromatic N) is 3. The molecular formula is C12H18N4O. The highest BCUT2D eigenvalue weighted by atomic mass is 16.1. The van der Waals surface area contributed by atoms with Crippen molar-refractivity contribution in [3.05, 3.63) is 18.0 Å². The van der Waals surface area contributed by atoms with E-state index in [1.165, 1.54) is 0 Å². The number of hydrogen-bond donors (Lipinski definition) is 1. The lowest BCUT2D eigenvalue weighted by molar-refractivity contribution is 0.0940. The minimum atomic E-state index is -0.191. The van der Waals surface area contributed by atoms with Crippen LogP contribution in [0.25, 0.3) is 0 Å². The fourth-order valence-electron chi connectivity index (χ4n) is 1.30. The summed E-state index contributed by atoms with van der Waals surface area (Å²) in [4.78, 5) is 11.8. The van der Waals surface area contributed by atoms with Crippen molar-refractivity contribution in [1.29, 1.82) is 5.26 Å². The molecule has 1 heterocycles. The minimum Gasteiger partial charge on any atom is -0.348 e. The Morgan fingerprint density at radius 1 is 1.65 bits per heavy atom. The maximum atomic E-state index is 11.8. The normalized spacial score (nSPS) is 12.9. The summed E-state index contributed by atoms with van der Waals surface area (Å²) in [6.07, 6.45) is 3.56. The predicted octanol–water partition coefficient (Wildman–Crippen LogP) is 1.67. The minimum absolute atomic E-state index is 0.142. The first-order valence-corrected chi connectivity index (χ1v) is 5.57. The van der Waals surface area contributed by atoms with Crippen LogP contribution in [-0.2, 0) is 5.54 Å². The predicted molar refractivity (Wildman–Crippen MR) is 64.4 cm³/mol. The van der Waals surface area contributed by atoms with E-state index in [9.17, 15) is 4.79 Å². The van der Waals surface area contributed by atoms with Gasteiger partial charge in [0.15, 0.2) is 0 Å². The molecule has 17 heavy (non-hydrogen) atoms. The molecule has 0 saturated carbocycles. The summed E-state index contributed by atoms with van der Waals surface area (Å²) in [6.45, 7) is 7.84. The van der Waals surface area contributed by atoms with E-state index in [1.54, 1.807) is 24.0 Å². The van der Waals surface area contributed by atoms with Gasteiger partial charge in [-0.2, -0.15) is 10.4 Å². The molecule has 0 spiro atoms. The second kappa shape index (κ2) is 5.00. The van der Waals surface area contributed by atoms with Crippen LogP contribution in [0.2, 0.25) is 0 Å². The van der Waals surface area contributed by atoms with E-state index in [0.29, 0.717) is 12.0 Å². The maximum absolute atomic E-state index is 11.8. The zero-order valence-corrected chi connectivity index (χ0v) is 10.7. The van der Waals surface area contributed by atoms with Crippen LogP contribution in [0.1, 0.15) is 44.5 Å². The summed E-state index contributed by atoms with van der Waals surface area (Å²) in [7, 11) is 0. The molecule has 1 atom stereocenters. The average Bonchev–Trinajstić information content (AvgIpc) is 2.65. The van der Waals surface area contributed by atoms with E-state index >= 15 is 0 Å². The third-order valence-corrected chi connectivity index (χ3v) is 2.31. The molecule has 1 aromatic rings. The summed E-state index contributed by atoms with van der Waals surface area (Å²) < 4.78 is 1.75. The number of nitrogens with one attached hydrogen (secondary N) is 1. The van der Waals surface area contributed by atoms with Gasteiger partial charge in [0.25, 0.3) is 5.91 Å². The number of nitriles is 1. The quantitative estimate of drug-likeness (QED) is 0.864. The van der Waals surface area contributed by atoms with Gasteiger partial charge in [-0.25, -0.2) is 0 Å². The molecule has 5 heteroatoms. The topological polar surface area (TPSA) is 70.7 Å². The highest BCUT2D eigenvalue weighted by Crippen LogP contribution is 2.13. The van der Waals surface area contributed by atoms with Crippen molar-refractivity contribution in [2.24, 2.45) is 0 Å². The molecule has 0 bridgehead atoms. The first-order chi connectivity index (χ1) is 7.84. The third kappa shape index (κ3) is 3.59. The fraction of sp³-hybridized carbons (Fsp3) is 0.583. The zero-order chi connectivity index (χ0) is 13.1. The molecule has 0 fully saturated rings. The molecule has 1 rings (SSSR count). The number of aromatic nitrogens is 2. The van der Waals surface area contributed by atoms with Gasteiger partial charge in [0, 0.05) is 12.2 Å². The fourth-order valence-corrected chi connectivity index (χ4v) is 1.30. The molecule has 92 valence electrons. The van der Waals surface area contributed by atoms with E-state index < -0.39 is 0 Å². The Morgan fingerprint density at radius 3 is 2.76 bits per heavy atom. The Morgan fingerprint density at radius 2 is 2.29 bits per heavy atom. The van der Waals surface area contributed by atoms with E-state index in [2.05, 4.69) is 10.4 Å². The first kappa shape index (κ1) is 13.2. The van der Waals surface area contributed by atoms with Crippen molar-refractivity contribution < 1.29 is 4.79 Å². The number of carbonyl (C=O) groups excluding carboxylic acids is 1. The van der Waals surface area contributed by atoms with Crippen molar-refractivity contribution in [2.75, 3.05) is 0 Å². The van der Waals surface area contributed by atoms with Gasteiger partial charge in [-0.1, -0.05) is 0 Å². The number of hydrogen-bond acceptors (Lipinski definition) is 3. The Kier molecular flexibility index (Phi) is 3.89. The van der Waals surface area contributed by atoms with Crippen LogP contribution in [0.3, 0.4) is 0 Å². The lowest BCUT2D eigenvalue weighted by Crippen LogP contribution is -2.32. The average molecular weight is 234 g/mol. The van der Waals surface area contributed by atoms with Gasteiger partial charge >= 0.3 is 0 Å². The van der Waals surface area contributed by atoms with Crippen LogP contribution in [0, 0.1) is 11.3 Å². The molecule has 0 aliphatic rings. The van der Waals surface area contributed by atoms with Gasteiger partial charge in [0.2, 0.25) is 0 Å².